The maximum atomic E-state index is 11.6. The number of cyclic esters (lactones) is 1. The molecule has 3 heteroatoms. The Hall–Kier alpha value is -3.17. The molecule has 3 aromatic rings. The van der Waals surface area contributed by atoms with Crippen LogP contribution in [-0.2, 0) is 19.7 Å². The lowest BCUT2D eigenvalue weighted by molar-refractivity contribution is -0.143. The maximum absolute atomic E-state index is 11.6. The lowest BCUT2D eigenvalue weighted by Gasteiger charge is -2.25. The first-order chi connectivity index (χ1) is 15.9. The van der Waals surface area contributed by atoms with Gasteiger partial charge in [0.1, 0.15) is 12.2 Å². The molecule has 0 N–H and O–H groups in total. The van der Waals surface area contributed by atoms with Crippen molar-refractivity contribution in [3.8, 4) is 0 Å². The molecule has 3 nitrogen and oxygen atoms in total. The summed E-state index contributed by atoms with van der Waals surface area (Å²) in [6.45, 7) is 7.19. The van der Waals surface area contributed by atoms with Crippen molar-refractivity contribution in [1.29, 1.82) is 0 Å². The zero-order chi connectivity index (χ0) is 23.0. The second-order valence-corrected chi connectivity index (χ2v) is 9.90. The maximum Gasteiger partial charge on any atom is 0.306 e. The van der Waals surface area contributed by atoms with Crippen molar-refractivity contribution in [2.24, 2.45) is 0 Å². The fourth-order valence-electron chi connectivity index (χ4n) is 5.01. The van der Waals surface area contributed by atoms with Gasteiger partial charge in [-0.3, -0.25) is 4.79 Å². The van der Waals surface area contributed by atoms with Gasteiger partial charge in [0.15, 0.2) is 0 Å². The normalized spacial score (nSPS) is 20.2. The van der Waals surface area contributed by atoms with Crippen LogP contribution in [0, 0.1) is 0 Å². The number of esters is 1. The number of carbonyl (C=O) groups excluding carboxylic acids is 1. The average Bonchev–Trinajstić information content (AvgIpc) is 3.38. The molecule has 2 atom stereocenters. The van der Waals surface area contributed by atoms with E-state index in [0.717, 1.165) is 12.0 Å². The molecule has 1 aliphatic carbocycles. The van der Waals surface area contributed by atoms with Crippen LogP contribution in [0.4, 0.5) is 0 Å². The molecule has 1 saturated heterocycles. The molecule has 0 amide bonds. The Balaban J connectivity index is 1.71. The third kappa shape index (κ3) is 4.14. The van der Waals surface area contributed by atoms with E-state index in [1.165, 1.54) is 33.4 Å². The fraction of sp³-hybridized carbons (Fsp3) is 0.300. The van der Waals surface area contributed by atoms with Crippen LogP contribution in [0.1, 0.15) is 67.5 Å². The number of hydrogen-bond donors (Lipinski definition) is 0. The van der Waals surface area contributed by atoms with Crippen LogP contribution in [0.3, 0.4) is 0 Å². The number of hydrogen-bond acceptors (Lipinski definition) is 3. The second-order valence-electron chi connectivity index (χ2n) is 9.90. The minimum absolute atomic E-state index is 0.0248. The minimum atomic E-state index is -0.223. The molecule has 0 saturated carbocycles. The van der Waals surface area contributed by atoms with E-state index >= 15 is 0 Å². The number of ether oxygens (including phenoxy) is 2. The molecule has 3 aromatic carbocycles. The van der Waals surface area contributed by atoms with Gasteiger partial charge in [0, 0.05) is 12.0 Å². The van der Waals surface area contributed by atoms with Crippen molar-refractivity contribution in [3.63, 3.8) is 0 Å². The summed E-state index contributed by atoms with van der Waals surface area (Å²) < 4.78 is 12.1. The summed E-state index contributed by atoms with van der Waals surface area (Å²) in [5.74, 6) is -0.130. The molecule has 168 valence electrons. The zero-order valence-corrected chi connectivity index (χ0v) is 19.5. The Morgan fingerprint density at radius 2 is 1.55 bits per heavy atom. The van der Waals surface area contributed by atoms with Gasteiger partial charge in [0.2, 0.25) is 0 Å². The van der Waals surface area contributed by atoms with Crippen molar-refractivity contribution in [2.75, 3.05) is 6.61 Å². The topological polar surface area (TPSA) is 35.5 Å². The van der Waals surface area contributed by atoms with E-state index in [1.807, 2.05) is 6.07 Å². The van der Waals surface area contributed by atoms with Crippen LogP contribution in [0.25, 0.3) is 11.1 Å². The first-order valence-electron chi connectivity index (χ1n) is 11.7. The summed E-state index contributed by atoms with van der Waals surface area (Å²) in [4.78, 5) is 11.6. The standard InChI is InChI=1S/C30H30O3/c1-30(2,3)24-16-10-15-23-28(24)26(20-11-6-4-7-12-20)27(21-13-8-5-9-14-21)29(23)32-19-22-17-18-25(31)33-22/h4-16,22,29H,17-19H2,1-3H3/t22-,29?/m0/s1. The number of benzene rings is 3. The molecule has 0 spiro atoms. The van der Waals surface area contributed by atoms with Gasteiger partial charge in [0.05, 0.1) is 6.61 Å². The predicted molar refractivity (Wildman–Crippen MR) is 132 cm³/mol. The number of rotatable bonds is 5. The Kier molecular flexibility index (Phi) is 5.67. The molecule has 0 aromatic heterocycles. The van der Waals surface area contributed by atoms with Crippen LogP contribution in [0.2, 0.25) is 0 Å². The highest BCUT2D eigenvalue weighted by molar-refractivity contribution is 6.06. The van der Waals surface area contributed by atoms with Gasteiger partial charge in [-0.05, 0) is 45.2 Å². The van der Waals surface area contributed by atoms with Crippen molar-refractivity contribution in [3.05, 3.63) is 107 Å². The zero-order valence-electron chi connectivity index (χ0n) is 19.5. The Labute approximate surface area is 196 Å². The smallest absolute Gasteiger partial charge is 0.306 e. The summed E-state index contributed by atoms with van der Waals surface area (Å²) in [6, 6.07) is 27.7. The monoisotopic (exact) mass is 438 g/mol. The van der Waals surface area contributed by atoms with Crippen LogP contribution >= 0.6 is 0 Å². The number of carbonyl (C=O) groups is 1. The molecule has 0 radical (unpaired) electrons. The molecule has 1 aliphatic heterocycles. The highest BCUT2D eigenvalue weighted by atomic mass is 16.6. The van der Waals surface area contributed by atoms with Gasteiger partial charge in [0.25, 0.3) is 0 Å². The Bertz CT molecular complexity index is 1190. The molecule has 1 heterocycles. The predicted octanol–water partition coefficient (Wildman–Crippen LogP) is 6.72. The summed E-state index contributed by atoms with van der Waals surface area (Å²) in [6.07, 6.45) is 0.792. The van der Waals surface area contributed by atoms with Gasteiger partial charge < -0.3 is 9.47 Å². The first kappa shape index (κ1) is 21.7. The van der Waals surface area contributed by atoms with Crippen molar-refractivity contribution in [2.45, 2.75) is 51.2 Å². The van der Waals surface area contributed by atoms with Crippen LogP contribution in [0.5, 0.6) is 0 Å². The second kappa shape index (κ2) is 8.64. The fourth-order valence-corrected chi connectivity index (χ4v) is 5.01. The van der Waals surface area contributed by atoms with Crippen molar-refractivity contribution in [1.82, 2.24) is 0 Å². The molecular weight excluding hydrogens is 408 g/mol. The van der Waals surface area contributed by atoms with E-state index in [2.05, 4.69) is 93.6 Å². The van der Waals surface area contributed by atoms with Gasteiger partial charge in [-0.2, -0.15) is 0 Å². The van der Waals surface area contributed by atoms with Crippen molar-refractivity contribution >= 4 is 17.1 Å². The van der Waals surface area contributed by atoms with Crippen LogP contribution in [0.15, 0.2) is 78.9 Å². The SMILES string of the molecule is CC(C)(C)c1cccc2c1C(c1ccccc1)=C(c1ccccc1)C2OC[C@@H]1CCC(=O)O1. The largest absolute Gasteiger partial charge is 0.460 e. The van der Waals surface area contributed by atoms with E-state index < -0.39 is 0 Å². The lowest BCUT2D eigenvalue weighted by atomic mass is 9.80. The molecule has 2 aliphatic rings. The molecule has 1 unspecified atom stereocenters. The van der Waals surface area contributed by atoms with E-state index in [1.54, 1.807) is 0 Å². The Morgan fingerprint density at radius 3 is 2.15 bits per heavy atom. The average molecular weight is 439 g/mol. The molecular formula is C30H30O3. The third-order valence-electron chi connectivity index (χ3n) is 6.53. The summed E-state index contributed by atoms with van der Waals surface area (Å²) in [5.41, 5.74) is 8.49. The third-order valence-corrected chi connectivity index (χ3v) is 6.53. The van der Waals surface area contributed by atoms with Crippen LogP contribution in [-0.4, -0.2) is 18.7 Å². The molecule has 0 bridgehead atoms. The van der Waals surface area contributed by atoms with E-state index in [-0.39, 0.29) is 23.6 Å². The molecule has 33 heavy (non-hydrogen) atoms. The van der Waals surface area contributed by atoms with E-state index in [9.17, 15) is 4.79 Å². The minimum Gasteiger partial charge on any atom is -0.460 e. The first-order valence-corrected chi connectivity index (χ1v) is 11.7. The summed E-state index contributed by atoms with van der Waals surface area (Å²) in [7, 11) is 0. The Morgan fingerprint density at radius 1 is 0.879 bits per heavy atom. The molecule has 1 fully saturated rings. The highest BCUT2D eigenvalue weighted by Gasteiger charge is 2.38. The van der Waals surface area contributed by atoms with Gasteiger partial charge >= 0.3 is 5.97 Å². The lowest BCUT2D eigenvalue weighted by Crippen LogP contribution is -2.18. The number of fused-ring (bicyclic) bond motifs is 1. The highest BCUT2D eigenvalue weighted by Crippen LogP contribution is 2.52. The van der Waals surface area contributed by atoms with E-state index in [0.29, 0.717) is 13.0 Å². The quantitative estimate of drug-likeness (QED) is 0.415. The van der Waals surface area contributed by atoms with Crippen LogP contribution < -0.4 is 0 Å². The summed E-state index contributed by atoms with van der Waals surface area (Å²) in [5, 5.41) is 0. The van der Waals surface area contributed by atoms with Gasteiger partial charge in [-0.15, -0.1) is 0 Å². The summed E-state index contributed by atoms with van der Waals surface area (Å²) >= 11 is 0. The van der Waals surface area contributed by atoms with Gasteiger partial charge in [-0.25, -0.2) is 0 Å². The van der Waals surface area contributed by atoms with Crippen molar-refractivity contribution < 1.29 is 14.3 Å². The van der Waals surface area contributed by atoms with E-state index in [4.69, 9.17) is 9.47 Å². The van der Waals surface area contributed by atoms with Gasteiger partial charge in [-0.1, -0.05) is 99.6 Å². The molecule has 5 rings (SSSR count).